The highest BCUT2D eigenvalue weighted by molar-refractivity contribution is 7.98. The first-order valence-electron chi connectivity index (χ1n) is 7.65. The molecule has 0 radical (unpaired) electrons. The lowest BCUT2D eigenvalue weighted by Crippen LogP contribution is -2.49. The molecule has 0 aliphatic carbocycles. The number of hydrogen-bond acceptors (Lipinski definition) is 3. The van der Waals surface area contributed by atoms with Crippen LogP contribution in [0.4, 0.5) is 13.6 Å². The molecule has 1 aromatic carbocycles. The molecule has 5 nitrogen and oxygen atoms in total. The second-order valence-corrected chi connectivity index (χ2v) is 6.63. The van der Waals surface area contributed by atoms with E-state index in [-0.39, 0.29) is 31.0 Å². The number of carbonyl (C=O) groups is 2. The number of rotatable bonds is 5. The van der Waals surface area contributed by atoms with Crippen molar-refractivity contribution in [2.24, 2.45) is 0 Å². The molecule has 8 heteroatoms. The first-order chi connectivity index (χ1) is 11.5. The standard InChI is InChI=1S/C16H20F2N2O3S/c1-24-8-7-20(16(22)23)13-6-5-10(9-19-15(13)21)11-3-2-4-12(17)14(11)18/h2-4,10,13H,5-9H2,1H3,(H,19,21)(H,22,23). The number of nitrogens with zero attached hydrogens (tertiary/aromatic N) is 1. The van der Waals surface area contributed by atoms with Gasteiger partial charge in [-0.15, -0.1) is 0 Å². The summed E-state index contributed by atoms with van der Waals surface area (Å²) in [6.07, 6.45) is 1.37. The Morgan fingerprint density at radius 3 is 2.83 bits per heavy atom. The van der Waals surface area contributed by atoms with Gasteiger partial charge in [0.25, 0.3) is 0 Å². The maximum absolute atomic E-state index is 14.0. The minimum absolute atomic E-state index is 0.158. The summed E-state index contributed by atoms with van der Waals surface area (Å²) < 4.78 is 27.4. The Bertz CT molecular complexity index is 615. The highest BCUT2D eigenvalue weighted by Crippen LogP contribution is 2.28. The van der Waals surface area contributed by atoms with Gasteiger partial charge in [0.05, 0.1) is 0 Å². The van der Waals surface area contributed by atoms with E-state index in [0.29, 0.717) is 12.2 Å². The van der Waals surface area contributed by atoms with Crippen molar-refractivity contribution in [3.8, 4) is 0 Å². The van der Waals surface area contributed by atoms with Crippen molar-refractivity contribution >= 4 is 23.8 Å². The van der Waals surface area contributed by atoms with Crippen LogP contribution >= 0.6 is 11.8 Å². The van der Waals surface area contributed by atoms with Crippen molar-refractivity contribution in [3.63, 3.8) is 0 Å². The molecule has 1 heterocycles. The van der Waals surface area contributed by atoms with Gasteiger partial charge < -0.3 is 10.4 Å². The van der Waals surface area contributed by atoms with Crippen LogP contribution in [0.5, 0.6) is 0 Å². The molecule has 1 aliphatic rings. The van der Waals surface area contributed by atoms with Crippen molar-refractivity contribution in [1.29, 1.82) is 0 Å². The van der Waals surface area contributed by atoms with Crippen molar-refractivity contribution in [2.75, 3.05) is 25.1 Å². The molecule has 132 valence electrons. The topological polar surface area (TPSA) is 69.6 Å². The fraction of sp³-hybridized carbons (Fsp3) is 0.500. The van der Waals surface area contributed by atoms with E-state index in [2.05, 4.69) is 5.32 Å². The zero-order valence-corrected chi connectivity index (χ0v) is 14.1. The largest absolute Gasteiger partial charge is 0.465 e. The van der Waals surface area contributed by atoms with Gasteiger partial charge in [0.2, 0.25) is 5.91 Å². The van der Waals surface area contributed by atoms with Gasteiger partial charge in [0, 0.05) is 24.8 Å². The third-order valence-corrected chi connectivity index (χ3v) is 4.78. The van der Waals surface area contributed by atoms with Crippen molar-refractivity contribution < 1.29 is 23.5 Å². The van der Waals surface area contributed by atoms with Crippen LogP contribution in [-0.4, -0.2) is 53.1 Å². The average Bonchev–Trinajstić information content (AvgIpc) is 2.73. The molecule has 1 fully saturated rings. The summed E-state index contributed by atoms with van der Waals surface area (Å²) in [6, 6.07) is 3.17. The SMILES string of the molecule is CSCCN(C(=O)O)C1CCC(c2cccc(F)c2F)CNC1=O. The summed E-state index contributed by atoms with van der Waals surface area (Å²) in [5.74, 6) is -2.03. The van der Waals surface area contributed by atoms with Crippen LogP contribution in [0, 0.1) is 11.6 Å². The van der Waals surface area contributed by atoms with Crippen LogP contribution in [-0.2, 0) is 4.79 Å². The van der Waals surface area contributed by atoms with Gasteiger partial charge in [-0.05, 0) is 30.7 Å². The Morgan fingerprint density at radius 1 is 1.42 bits per heavy atom. The molecule has 2 atom stereocenters. The predicted molar refractivity (Wildman–Crippen MR) is 88.2 cm³/mol. The maximum atomic E-state index is 14.0. The molecule has 1 aromatic rings. The van der Waals surface area contributed by atoms with Crippen LogP contribution in [0.1, 0.15) is 24.3 Å². The number of hydrogen-bond donors (Lipinski definition) is 2. The molecule has 24 heavy (non-hydrogen) atoms. The van der Waals surface area contributed by atoms with E-state index in [0.717, 1.165) is 11.0 Å². The van der Waals surface area contributed by atoms with Gasteiger partial charge >= 0.3 is 6.09 Å². The van der Waals surface area contributed by atoms with Gasteiger partial charge in [-0.2, -0.15) is 11.8 Å². The molecule has 2 unspecified atom stereocenters. The molecule has 2 rings (SSSR count). The smallest absolute Gasteiger partial charge is 0.408 e. The average molecular weight is 358 g/mol. The van der Waals surface area contributed by atoms with Gasteiger partial charge in [-0.3, -0.25) is 9.69 Å². The van der Waals surface area contributed by atoms with E-state index in [1.165, 1.54) is 23.9 Å². The fourth-order valence-electron chi connectivity index (χ4n) is 2.91. The van der Waals surface area contributed by atoms with Gasteiger partial charge in [0.1, 0.15) is 6.04 Å². The molecule has 0 spiro atoms. The number of carbonyl (C=O) groups excluding carboxylic acids is 1. The predicted octanol–water partition coefficient (Wildman–Crippen LogP) is 2.67. The van der Waals surface area contributed by atoms with E-state index in [4.69, 9.17) is 0 Å². The van der Waals surface area contributed by atoms with Crippen molar-refractivity contribution in [1.82, 2.24) is 10.2 Å². The Morgan fingerprint density at radius 2 is 2.17 bits per heavy atom. The molecule has 0 saturated carbocycles. The monoisotopic (exact) mass is 358 g/mol. The van der Waals surface area contributed by atoms with Crippen LogP contribution in [0.25, 0.3) is 0 Å². The Kier molecular flexibility index (Phi) is 6.42. The molecular formula is C16H20F2N2O3S. The molecule has 0 bridgehead atoms. The van der Waals surface area contributed by atoms with E-state index in [9.17, 15) is 23.5 Å². The first-order valence-corrected chi connectivity index (χ1v) is 9.05. The number of thioether (sulfide) groups is 1. The van der Waals surface area contributed by atoms with E-state index < -0.39 is 29.7 Å². The van der Waals surface area contributed by atoms with E-state index in [1.807, 2.05) is 6.26 Å². The zero-order valence-electron chi connectivity index (χ0n) is 13.3. The Labute approximate surface area is 143 Å². The lowest BCUT2D eigenvalue weighted by Gasteiger charge is -2.26. The molecule has 2 N–H and O–H groups in total. The second-order valence-electron chi connectivity index (χ2n) is 5.65. The summed E-state index contributed by atoms with van der Waals surface area (Å²) in [5.41, 5.74) is 0.210. The van der Waals surface area contributed by atoms with Crippen LogP contribution < -0.4 is 5.32 Å². The lowest BCUT2D eigenvalue weighted by atomic mass is 9.93. The van der Waals surface area contributed by atoms with Crippen LogP contribution in [0.15, 0.2) is 18.2 Å². The molecule has 1 aliphatic heterocycles. The Balaban J connectivity index is 2.16. The minimum atomic E-state index is -1.15. The normalized spacial score (nSPS) is 21.0. The third kappa shape index (κ3) is 4.17. The lowest BCUT2D eigenvalue weighted by molar-refractivity contribution is -0.125. The third-order valence-electron chi connectivity index (χ3n) is 4.19. The second kappa shape index (κ2) is 8.32. The summed E-state index contributed by atoms with van der Waals surface area (Å²) in [7, 11) is 0. The Hall–Kier alpha value is -1.83. The minimum Gasteiger partial charge on any atom is -0.465 e. The van der Waals surface area contributed by atoms with Crippen molar-refractivity contribution in [3.05, 3.63) is 35.4 Å². The summed E-state index contributed by atoms with van der Waals surface area (Å²) >= 11 is 1.49. The summed E-state index contributed by atoms with van der Waals surface area (Å²) in [5, 5.41) is 12.0. The number of halogens is 2. The van der Waals surface area contributed by atoms with Crippen LogP contribution in [0.2, 0.25) is 0 Å². The zero-order chi connectivity index (χ0) is 17.7. The quantitative estimate of drug-likeness (QED) is 0.849. The highest BCUT2D eigenvalue weighted by Gasteiger charge is 2.33. The number of carboxylic acid groups (broad SMARTS) is 1. The molecular weight excluding hydrogens is 338 g/mol. The van der Waals surface area contributed by atoms with Crippen LogP contribution in [0.3, 0.4) is 0 Å². The summed E-state index contributed by atoms with van der Waals surface area (Å²) in [4.78, 5) is 24.8. The summed E-state index contributed by atoms with van der Waals surface area (Å²) in [6.45, 7) is 0.402. The van der Waals surface area contributed by atoms with E-state index in [1.54, 1.807) is 0 Å². The number of amides is 2. The maximum Gasteiger partial charge on any atom is 0.408 e. The number of nitrogens with one attached hydrogen (secondary N) is 1. The molecule has 2 amide bonds. The van der Waals surface area contributed by atoms with Gasteiger partial charge in [-0.25, -0.2) is 13.6 Å². The van der Waals surface area contributed by atoms with E-state index >= 15 is 0 Å². The van der Waals surface area contributed by atoms with Gasteiger partial charge in [-0.1, -0.05) is 12.1 Å². The number of benzene rings is 1. The first kappa shape index (κ1) is 18.5. The molecule has 1 saturated heterocycles. The molecule has 0 aromatic heterocycles. The van der Waals surface area contributed by atoms with Gasteiger partial charge in [0.15, 0.2) is 11.6 Å². The fourth-order valence-corrected chi connectivity index (χ4v) is 3.29. The highest BCUT2D eigenvalue weighted by atomic mass is 32.2. The van der Waals surface area contributed by atoms with Crippen molar-refractivity contribution in [2.45, 2.75) is 24.8 Å².